The number of amides is 1. The Labute approximate surface area is 124 Å². The Balaban J connectivity index is 2.04. The summed E-state index contributed by atoms with van der Waals surface area (Å²) in [7, 11) is 0. The standard InChI is InChI=1S/C16H20FN3O/c1-3-14(11-18)19-6-8-20(9-7-19)16(21)15-10-13(17)5-4-12(15)2/h4-5,10,14H,3,6-9H2,1-2H3. The highest BCUT2D eigenvalue weighted by atomic mass is 19.1. The number of halogens is 1. The van der Waals surface area contributed by atoms with Gasteiger partial charge in [-0.2, -0.15) is 5.26 Å². The molecule has 1 atom stereocenters. The molecule has 1 aromatic carbocycles. The van der Waals surface area contributed by atoms with E-state index in [1.54, 1.807) is 11.0 Å². The first-order valence-corrected chi connectivity index (χ1v) is 7.26. The number of rotatable bonds is 3. The molecule has 0 bridgehead atoms. The van der Waals surface area contributed by atoms with Crippen LogP contribution in [0.3, 0.4) is 0 Å². The molecule has 2 rings (SSSR count). The topological polar surface area (TPSA) is 47.3 Å². The van der Waals surface area contributed by atoms with Crippen LogP contribution in [-0.2, 0) is 0 Å². The zero-order chi connectivity index (χ0) is 15.4. The monoisotopic (exact) mass is 289 g/mol. The minimum Gasteiger partial charge on any atom is -0.336 e. The number of carbonyl (C=O) groups excluding carboxylic acids is 1. The zero-order valence-corrected chi connectivity index (χ0v) is 12.5. The Kier molecular flexibility index (Phi) is 4.92. The highest BCUT2D eigenvalue weighted by Crippen LogP contribution is 2.16. The second-order valence-electron chi connectivity index (χ2n) is 5.34. The summed E-state index contributed by atoms with van der Waals surface area (Å²) in [4.78, 5) is 16.3. The van der Waals surface area contributed by atoms with Crippen LogP contribution >= 0.6 is 0 Å². The first kappa shape index (κ1) is 15.5. The van der Waals surface area contributed by atoms with Gasteiger partial charge in [0.15, 0.2) is 0 Å². The van der Waals surface area contributed by atoms with Crippen molar-refractivity contribution in [1.29, 1.82) is 5.26 Å². The average molecular weight is 289 g/mol. The predicted molar refractivity (Wildman–Crippen MR) is 78.3 cm³/mol. The zero-order valence-electron chi connectivity index (χ0n) is 12.5. The molecule has 1 aliphatic rings. The fourth-order valence-electron chi connectivity index (χ4n) is 2.66. The van der Waals surface area contributed by atoms with Crippen molar-refractivity contribution in [3.63, 3.8) is 0 Å². The molecular formula is C16H20FN3O. The van der Waals surface area contributed by atoms with Crippen LogP contribution in [0.15, 0.2) is 18.2 Å². The molecule has 1 heterocycles. The summed E-state index contributed by atoms with van der Waals surface area (Å²) in [5.74, 6) is -0.519. The van der Waals surface area contributed by atoms with E-state index in [1.165, 1.54) is 12.1 Å². The molecule has 4 nitrogen and oxygen atoms in total. The van der Waals surface area contributed by atoms with E-state index in [1.807, 2.05) is 13.8 Å². The van der Waals surface area contributed by atoms with Gasteiger partial charge >= 0.3 is 0 Å². The van der Waals surface area contributed by atoms with Gasteiger partial charge in [-0.25, -0.2) is 4.39 Å². The normalized spacial score (nSPS) is 17.3. The van der Waals surface area contributed by atoms with Crippen molar-refractivity contribution in [3.8, 4) is 6.07 Å². The lowest BCUT2D eigenvalue weighted by Crippen LogP contribution is -2.51. The number of aryl methyl sites for hydroxylation is 1. The van der Waals surface area contributed by atoms with Gasteiger partial charge in [0.2, 0.25) is 0 Å². The van der Waals surface area contributed by atoms with Gasteiger partial charge in [0.05, 0.1) is 12.1 Å². The number of carbonyl (C=O) groups is 1. The van der Waals surface area contributed by atoms with E-state index in [0.717, 1.165) is 12.0 Å². The third-order valence-corrected chi connectivity index (χ3v) is 4.01. The van der Waals surface area contributed by atoms with Gasteiger partial charge in [-0.1, -0.05) is 13.0 Å². The molecular weight excluding hydrogens is 269 g/mol. The molecule has 0 radical (unpaired) electrons. The predicted octanol–water partition coefficient (Wildman–Crippen LogP) is 2.19. The fraction of sp³-hybridized carbons (Fsp3) is 0.500. The van der Waals surface area contributed by atoms with Gasteiger partial charge < -0.3 is 4.90 Å². The molecule has 5 heteroatoms. The number of nitrogens with zero attached hydrogens (tertiary/aromatic N) is 3. The Morgan fingerprint density at radius 3 is 2.62 bits per heavy atom. The molecule has 0 N–H and O–H groups in total. The average Bonchev–Trinajstić information content (AvgIpc) is 2.51. The van der Waals surface area contributed by atoms with Crippen LogP contribution in [0, 0.1) is 24.1 Å². The summed E-state index contributed by atoms with van der Waals surface area (Å²) >= 11 is 0. The number of hydrogen-bond donors (Lipinski definition) is 0. The van der Waals surface area contributed by atoms with Crippen molar-refractivity contribution in [2.24, 2.45) is 0 Å². The summed E-state index contributed by atoms with van der Waals surface area (Å²) < 4.78 is 13.3. The minimum absolute atomic E-state index is 0.0850. The van der Waals surface area contributed by atoms with Crippen LogP contribution in [0.4, 0.5) is 4.39 Å². The lowest BCUT2D eigenvalue weighted by Gasteiger charge is -2.36. The smallest absolute Gasteiger partial charge is 0.254 e. The molecule has 0 aliphatic carbocycles. The van der Waals surface area contributed by atoms with Crippen molar-refractivity contribution >= 4 is 5.91 Å². The first-order valence-electron chi connectivity index (χ1n) is 7.26. The summed E-state index contributed by atoms with van der Waals surface area (Å²) in [5, 5.41) is 9.08. The first-order chi connectivity index (χ1) is 10.1. The lowest BCUT2D eigenvalue weighted by atomic mass is 10.1. The largest absolute Gasteiger partial charge is 0.336 e. The van der Waals surface area contributed by atoms with Crippen LogP contribution in [0.1, 0.15) is 29.3 Å². The Bertz CT molecular complexity index is 559. The van der Waals surface area contributed by atoms with Crippen molar-refractivity contribution in [2.45, 2.75) is 26.3 Å². The van der Waals surface area contributed by atoms with Crippen molar-refractivity contribution < 1.29 is 9.18 Å². The Morgan fingerprint density at radius 2 is 2.05 bits per heavy atom. The van der Waals surface area contributed by atoms with Crippen LogP contribution in [0.5, 0.6) is 0 Å². The SMILES string of the molecule is CCC(C#N)N1CCN(C(=O)c2cc(F)ccc2C)CC1. The number of hydrogen-bond acceptors (Lipinski definition) is 3. The van der Waals surface area contributed by atoms with E-state index in [4.69, 9.17) is 5.26 Å². The molecule has 1 amide bonds. The van der Waals surface area contributed by atoms with Crippen molar-refractivity contribution in [2.75, 3.05) is 26.2 Å². The summed E-state index contributed by atoms with van der Waals surface area (Å²) in [6, 6.07) is 6.49. The van der Waals surface area contributed by atoms with Gasteiger partial charge in [-0.15, -0.1) is 0 Å². The quantitative estimate of drug-likeness (QED) is 0.857. The summed E-state index contributed by atoms with van der Waals surface area (Å²) in [6.45, 7) is 6.32. The molecule has 1 unspecified atom stereocenters. The van der Waals surface area contributed by atoms with Crippen LogP contribution < -0.4 is 0 Å². The van der Waals surface area contributed by atoms with Crippen LogP contribution in [-0.4, -0.2) is 47.9 Å². The molecule has 0 spiro atoms. The highest BCUT2D eigenvalue weighted by molar-refractivity contribution is 5.95. The minimum atomic E-state index is -0.391. The molecule has 1 aliphatic heterocycles. The van der Waals surface area contributed by atoms with E-state index < -0.39 is 5.82 Å². The Morgan fingerprint density at radius 1 is 1.38 bits per heavy atom. The fourth-order valence-corrected chi connectivity index (χ4v) is 2.66. The van der Waals surface area contributed by atoms with Gasteiger partial charge in [0.25, 0.3) is 5.91 Å². The molecule has 1 aromatic rings. The second kappa shape index (κ2) is 6.68. The molecule has 112 valence electrons. The van der Waals surface area contributed by atoms with Crippen LogP contribution in [0.2, 0.25) is 0 Å². The maximum absolute atomic E-state index is 13.3. The van der Waals surface area contributed by atoms with E-state index in [2.05, 4.69) is 11.0 Å². The molecule has 0 aromatic heterocycles. The molecule has 1 fully saturated rings. The summed E-state index contributed by atoms with van der Waals surface area (Å²) in [5.41, 5.74) is 1.21. The Hall–Kier alpha value is -1.93. The maximum Gasteiger partial charge on any atom is 0.254 e. The number of nitriles is 1. The van der Waals surface area contributed by atoms with E-state index in [-0.39, 0.29) is 11.9 Å². The van der Waals surface area contributed by atoms with Gasteiger partial charge in [-0.05, 0) is 31.0 Å². The van der Waals surface area contributed by atoms with E-state index in [9.17, 15) is 9.18 Å². The van der Waals surface area contributed by atoms with Crippen LogP contribution in [0.25, 0.3) is 0 Å². The molecule has 0 saturated carbocycles. The van der Waals surface area contributed by atoms with Crippen molar-refractivity contribution in [3.05, 3.63) is 35.1 Å². The van der Waals surface area contributed by atoms with E-state index >= 15 is 0 Å². The van der Waals surface area contributed by atoms with Gasteiger partial charge in [0, 0.05) is 31.7 Å². The second-order valence-corrected chi connectivity index (χ2v) is 5.34. The molecule has 1 saturated heterocycles. The molecule has 21 heavy (non-hydrogen) atoms. The third-order valence-electron chi connectivity index (χ3n) is 4.01. The lowest BCUT2D eigenvalue weighted by molar-refractivity contribution is 0.0603. The van der Waals surface area contributed by atoms with Crippen molar-refractivity contribution in [1.82, 2.24) is 9.80 Å². The van der Waals surface area contributed by atoms with Gasteiger partial charge in [0.1, 0.15) is 5.82 Å². The maximum atomic E-state index is 13.3. The third kappa shape index (κ3) is 3.40. The highest BCUT2D eigenvalue weighted by Gasteiger charge is 2.26. The van der Waals surface area contributed by atoms with Gasteiger partial charge in [-0.3, -0.25) is 9.69 Å². The van der Waals surface area contributed by atoms with E-state index in [0.29, 0.717) is 31.7 Å². The number of benzene rings is 1. The summed E-state index contributed by atoms with van der Waals surface area (Å²) in [6.07, 6.45) is 0.785. The number of piperazine rings is 1.